The lowest BCUT2D eigenvalue weighted by Gasteiger charge is -2.12. The van der Waals surface area contributed by atoms with Gasteiger partial charge in [0.2, 0.25) is 0 Å². The first-order chi connectivity index (χ1) is 11.4. The molecule has 0 saturated heterocycles. The van der Waals surface area contributed by atoms with Crippen LogP contribution in [0.4, 0.5) is 5.69 Å². The summed E-state index contributed by atoms with van der Waals surface area (Å²) in [4.78, 5) is 13.6. The Bertz CT molecular complexity index is 1050. The minimum absolute atomic E-state index is 0.0647. The lowest BCUT2D eigenvalue weighted by molar-refractivity contribution is 0.392. The number of aromatic amines is 1. The van der Waals surface area contributed by atoms with Crippen LogP contribution < -0.4 is 20.0 Å². The van der Waals surface area contributed by atoms with Gasteiger partial charge >= 0.3 is 5.76 Å². The topological polar surface area (TPSA) is 111 Å². The van der Waals surface area contributed by atoms with E-state index in [0.717, 1.165) is 0 Å². The second kappa shape index (κ2) is 5.93. The van der Waals surface area contributed by atoms with Crippen LogP contribution in [0.5, 0.6) is 11.5 Å². The number of benzene rings is 2. The maximum atomic E-state index is 12.6. The molecule has 0 unspecified atom stereocenters. The van der Waals surface area contributed by atoms with Gasteiger partial charge in [0.1, 0.15) is 16.4 Å². The molecule has 3 rings (SSSR count). The zero-order valence-electron chi connectivity index (χ0n) is 12.8. The monoisotopic (exact) mass is 350 g/mol. The molecule has 0 bridgehead atoms. The van der Waals surface area contributed by atoms with Crippen molar-refractivity contribution in [2.45, 2.75) is 4.90 Å². The van der Waals surface area contributed by atoms with Crippen LogP contribution in [0.3, 0.4) is 0 Å². The van der Waals surface area contributed by atoms with Gasteiger partial charge in [-0.05, 0) is 30.3 Å². The first-order valence-electron chi connectivity index (χ1n) is 6.80. The molecule has 0 saturated carbocycles. The Balaban J connectivity index is 2.02. The van der Waals surface area contributed by atoms with Gasteiger partial charge in [-0.3, -0.25) is 9.71 Å². The van der Waals surface area contributed by atoms with Crippen molar-refractivity contribution in [3.8, 4) is 11.5 Å². The third kappa shape index (κ3) is 2.93. The number of anilines is 1. The molecule has 0 amide bonds. The number of aromatic nitrogens is 1. The quantitative estimate of drug-likeness (QED) is 0.727. The van der Waals surface area contributed by atoms with Gasteiger partial charge in [0, 0.05) is 6.07 Å². The number of sulfonamides is 1. The van der Waals surface area contributed by atoms with Crippen molar-refractivity contribution in [1.82, 2.24) is 4.98 Å². The van der Waals surface area contributed by atoms with Gasteiger partial charge in [-0.15, -0.1) is 0 Å². The first-order valence-corrected chi connectivity index (χ1v) is 8.29. The molecule has 0 fully saturated rings. The summed E-state index contributed by atoms with van der Waals surface area (Å²) in [5.41, 5.74) is 0.990. The molecule has 0 atom stereocenters. The minimum Gasteiger partial charge on any atom is -0.497 e. The van der Waals surface area contributed by atoms with E-state index in [0.29, 0.717) is 16.8 Å². The van der Waals surface area contributed by atoms with Crippen molar-refractivity contribution in [2.24, 2.45) is 0 Å². The number of hydrogen-bond donors (Lipinski definition) is 2. The highest BCUT2D eigenvalue weighted by Gasteiger charge is 2.21. The van der Waals surface area contributed by atoms with Gasteiger partial charge in [0.05, 0.1) is 25.4 Å². The van der Waals surface area contributed by atoms with E-state index in [9.17, 15) is 13.2 Å². The standard InChI is InChI=1S/C15H14N2O6S/c1-21-10-4-6-13(22-2)14(8-10)24(19,20)17-9-3-5-12-11(7-9)16-15(18)23-12/h3-8,17H,1-2H3,(H,16,18). The van der Waals surface area contributed by atoms with Crippen LogP contribution in [0.2, 0.25) is 0 Å². The van der Waals surface area contributed by atoms with Crippen molar-refractivity contribution in [1.29, 1.82) is 0 Å². The third-order valence-corrected chi connectivity index (χ3v) is 4.73. The fourth-order valence-corrected chi connectivity index (χ4v) is 3.45. The van der Waals surface area contributed by atoms with Crippen LogP contribution >= 0.6 is 0 Å². The molecule has 0 aliphatic rings. The van der Waals surface area contributed by atoms with Gasteiger partial charge in [-0.2, -0.15) is 0 Å². The Morgan fingerprint density at radius 2 is 1.88 bits per heavy atom. The van der Waals surface area contributed by atoms with E-state index in [1.807, 2.05) is 0 Å². The van der Waals surface area contributed by atoms with Crippen LogP contribution in [0.25, 0.3) is 11.1 Å². The van der Waals surface area contributed by atoms with E-state index in [-0.39, 0.29) is 16.3 Å². The molecule has 0 aliphatic heterocycles. The van der Waals surface area contributed by atoms with Crippen molar-refractivity contribution in [3.05, 3.63) is 46.9 Å². The summed E-state index contributed by atoms with van der Waals surface area (Å²) >= 11 is 0. The zero-order valence-corrected chi connectivity index (χ0v) is 13.6. The second-order valence-corrected chi connectivity index (χ2v) is 6.50. The summed E-state index contributed by atoms with van der Waals surface area (Å²) in [6.45, 7) is 0. The lowest BCUT2D eigenvalue weighted by atomic mass is 10.3. The predicted molar refractivity (Wildman–Crippen MR) is 87.2 cm³/mol. The Kier molecular flexibility index (Phi) is 3.94. The molecule has 8 nitrogen and oxygen atoms in total. The second-order valence-electron chi connectivity index (χ2n) is 4.85. The predicted octanol–water partition coefficient (Wildman–Crippen LogP) is 1.94. The number of ether oxygens (including phenoxy) is 2. The molecule has 0 radical (unpaired) electrons. The largest absolute Gasteiger partial charge is 0.497 e. The average Bonchev–Trinajstić information content (AvgIpc) is 2.93. The van der Waals surface area contributed by atoms with E-state index in [2.05, 4.69) is 9.71 Å². The average molecular weight is 350 g/mol. The maximum absolute atomic E-state index is 12.6. The highest BCUT2D eigenvalue weighted by Crippen LogP contribution is 2.30. The summed E-state index contributed by atoms with van der Waals surface area (Å²) in [5.74, 6) is -0.0497. The van der Waals surface area contributed by atoms with Crippen LogP contribution in [-0.2, 0) is 10.0 Å². The normalized spacial score (nSPS) is 11.4. The SMILES string of the molecule is COc1ccc(OC)c(S(=O)(=O)Nc2ccc3oc(=O)[nH]c3c2)c1. The Hall–Kier alpha value is -2.94. The van der Waals surface area contributed by atoms with Gasteiger partial charge < -0.3 is 13.9 Å². The van der Waals surface area contributed by atoms with Crippen molar-refractivity contribution in [3.63, 3.8) is 0 Å². The van der Waals surface area contributed by atoms with Gasteiger partial charge in [-0.1, -0.05) is 0 Å². The van der Waals surface area contributed by atoms with Crippen LogP contribution in [0.15, 0.2) is 50.5 Å². The molecule has 3 aromatic rings. The summed E-state index contributed by atoms with van der Waals surface area (Å²) in [6, 6.07) is 8.91. The number of rotatable bonds is 5. The number of oxazole rings is 1. The highest BCUT2D eigenvalue weighted by atomic mass is 32.2. The number of methoxy groups -OCH3 is 2. The Morgan fingerprint density at radius 1 is 1.08 bits per heavy atom. The molecule has 9 heteroatoms. The lowest BCUT2D eigenvalue weighted by Crippen LogP contribution is -2.14. The van der Waals surface area contributed by atoms with E-state index < -0.39 is 15.8 Å². The minimum atomic E-state index is -3.93. The van der Waals surface area contributed by atoms with Gasteiger partial charge in [0.15, 0.2) is 5.58 Å². The molecule has 2 aromatic carbocycles. The Labute approximate surface area is 137 Å². The molecule has 1 aromatic heterocycles. The number of nitrogens with one attached hydrogen (secondary N) is 2. The van der Waals surface area contributed by atoms with Crippen LogP contribution in [0.1, 0.15) is 0 Å². The van der Waals surface area contributed by atoms with Crippen LogP contribution in [-0.4, -0.2) is 27.6 Å². The fraction of sp³-hybridized carbons (Fsp3) is 0.133. The molecule has 126 valence electrons. The summed E-state index contributed by atoms with van der Waals surface area (Å²) in [6.07, 6.45) is 0. The molecule has 2 N–H and O–H groups in total. The molecular formula is C15H14N2O6S. The molecular weight excluding hydrogens is 336 g/mol. The van der Waals surface area contributed by atoms with Crippen molar-refractivity contribution in [2.75, 3.05) is 18.9 Å². The van der Waals surface area contributed by atoms with E-state index >= 15 is 0 Å². The van der Waals surface area contributed by atoms with Gasteiger partial charge in [-0.25, -0.2) is 13.2 Å². The molecule has 24 heavy (non-hydrogen) atoms. The maximum Gasteiger partial charge on any atom is 0.417 e. The Morgan fingerprint density at radius 3 is 2.58 bits per heavy atom. The summed E-state index contributed by atoms with van der Waals surface area (Å²) in [7, 11) is -1.11. The summed E-state index contributed by atoms with van der Waals surface area (Å²) < 4.78 is 42.8. The zero-order chi connectivity index (χ0) is 17.3. The molecule has 1 heterocycles. The molecule has 0 spiro atoms. The first kappa shape index (κ1) is 15.9. The van der Waals surface area contributed by atoms with Crippen LogP contribution in [0, 0.1) is 0 Å². The number of fused-ring (bicyclic) bond motifs is 1. The van der Waals surface area contributed by atoms with E-state index in [1.165, 1.54) is 44.6 Å². The fourth-order valence-electron chi connectivity index (χ4n) is 2.22. The number of hydrogen-bond acceptors (Lipinski definition) is 6. The highest BCUT2D eigenvalue weighted by molar-refractivity contribution is 7.92. The van der Waals surface area contributed by atoms with Crippen molar-refractivity contribution >= 4 is 26.8 Å². The van der Waals surface area contributed by atoms with Gasteiger partial charge in [0.25, 0.3) is 10.0 Å². The van der Waals surface area contributed by atoms with Crippen molar-refractivity contribution < 1.29 is 22.3 Å². The summed E-state index contributed by atoms with van der Waals surface area (Å²) in [5, 5.41) is 0. The number of H-pyrrole nitrogens is 1. The third-order valence-electron chi connectivity index (χ3n) is 3.33. The van der Waals surface area contributed by atoms with E-state index in [4.69, 9.17) is 13.9 Å². The molecule has 0 aliphatic carbocycles. The smallest absolute Gasteiger partial charge is 0.417 e. The van der Waals surface area contributed by atoms with E-state index in [1.54, 1.807) is 6.07 Å².